The zero-order valence-corrected chi connectivity index (χ0v) is 10.4. The van der Waals surface area contributed by atoms with Crippen molar-refractivity contribution in [1.82, 2.24) is 4.57 Å². The van der Waals surface area contributed by atoms with Gasteiger partial charge in [0.05, 0.1) is 10.5 Å². The van der Waals surface area contributed by atoms with Crippen LogP contribution >= 0.6 is 11.6 Å². The number of rotatable bonds is 4. The Labute approximate surface area is 105 Å². The molecule has 0 aliphatic heterocycles. The number of carboxylic acids is 1. The second-order valence-corrected chi connectivity index (χ2v) is 4.42. The van der Waals surface area contributed by atoms with Crippen molar-refractivity contribution in [3.05, 3.63) is 35.0 Å². The molecule has 0 radical (unpaired) electrons. The number of carbonyl (C=O) groups is 1. The van der Waals surface area contributed by atoms with Gasteiger partial charge in [0.15, 0.2) is 0 Å². The summed E-state index contributed by atoms with van der Waals surface area (Å²) in [5.74, 6) is -0.909. The fraction of sp³-hybridized carbons (Fsp3) is 0.308. The van der Waals surface area contributed by atoms with Crippen LogP contribution < -0.4 is 0 Å². The summed E-state index contributed by atoms with van der Waals surface area (Å²) >= 11 is 6.15. The molecular weight excluding hydrogens is 238 g/mol. The van der Waals surface area contributed by atoms with Crippen LogP contribution in [0.3, 0.4) is 0 Å². The van der Waals surface area contributed by atoms with Crippen molar-refractivity contribution in [2.75, 3.05) is 0 Å². The van der Waals surface area contributed by atoms with E-state index in [1.54, 1.807) is 16.7 Å². The number of para-hydroxylation sites is 1. The van der Waals surface area contributed by atoms with Gasteiger partial charge >= 0.3 is 5.97 Å². The molecule has 1 N–H and O–H groups in total. The lowest BCUT2D eigenvalue weighted by Crippen LogP contribution is -2.08. The van der Waals surface area contributed by atoms with Crippen LogP contribution in [0.5, 0.6) is 0 Å². The number of nitrogens with zero attached hydrogens (tertiary/aromatic N) is 1. The first-order valence-electron chi connectivity index (χ1n) is 5.66. The Morgan fingerprint density at radius 3 is 2.88 bits per heavy atom. The third-order valence-corrected chi connectivity index (χ3v) is 3.13. The highest BCUT2D eigenvalue weighted by Crippen LogP contribution is 2.27. The smallest absolute Gasteiger partial charge is 0.352 e. The minimum Gasteiger partial charge on any atom is -0.477 e. The molecule has 0 saturated heterocycles. The summed E-state index contributed by atoms with van der Waals surface area (Å²) in [5, 5.41) is 10.7. The predicted octanol–water partition coefficient (Wildman–Crippen LogP) is 3.79. The summed E-state index contributed by atoms with van der Waals surface area (Å²) in [6, 6.07) is 7.19. The molecule has 4 heteroatoms. The fourth-order valence-electron chi connectivity index (χ4n) is 2.00. The van der Waals surface area contributed by atoms with Crippen molar-refractivity contribution in [3.8, 4) is 0 Å². The number of fused-ring (bicyclic) bond motifs is 1. The van der Waals surface area contributed by atoms with E-state index in [0.717, 1.165) is 23.7 Å². The van der Waals surface area contributed by atoms with Crippen LogP contribution in [0.2, 0.25) is 5.02 Å². The molecule has 0 spiro atoms. The van der Waals surface area contributed by atoms with E-state index in [2.05, 4.69) is 6.92 Å². The zero-order valence-electron chi connectivity index (χ0n) is 9.61. The first-order valence-corrected chi connectivity index (χ1v) is 6.04. The summed E-state index contributed by atoms with van der Waals surface area (Å²) in [6.07, 6.45) is 1.96. The molecule has 0 amide bonds. The number of aromatic carboxylic acids is 1. The Kier molecular flexibility index (Phi) is 3.38. The van der Waals surface area contributed by atoms with E-state index in [0.29, 0.717) is 17.3 Å². The van der Waals surface area contributed by atoms with Crippen LogP contribution in [0.15, 0.2) is 24.3 Å². The number of benzene rings is 1. The molecule has 3 nitrogen and oxygen atoms in total. The Morgan fingerprint density at radius 1 is 1.47 bits per heavy atom. The molecule has 0 aliphatic rings. The summed E-state index contributed by atoms with van der Waals surface area (Å²) < 4.78 is 1.80. The van der Waals surface area contributed by atoms with Gasteiger partial charge in [0.25, 0.3) is 0 Å². The zero-order chi connectivity index (χ0) is 12.4. The van der Waals surface area contributed by atoms with Crippen molar-refractivity contribution < 1.29 is 9.90 Å². The fourth-order valence-corrected chi connectivity index (χ4v) is 2.29. The maximum absolute atomic E-state index is 11.2. The maximum atomic E-state index is 11.2. The summed E-state index contributed by atoms with van der Waals surface area (Å²) in [6.45, 7) is 2.76. The van der Waals surface area contributed by atoms with E-state index in [1.807, 2.05) is 12.1 Å². The van der Waals surface area contributed by atoms with Gasteiger partial charge in [-0.25, -0.2) is 4.79 Å². The average molecular weight is 252 g/mol. The van der Waals surface area contributed by atoms with Gasteiger partial charge in [-0.3, -0.25) is 0 Å². The van der Waals surface area contributed by atoms with E-state index in [9.17, 15) is 9.90 Å². The number of carboxylic acid groups (broad SMARTS) is 1. The number of halogens is 1. The van der Waals surface area contributed by atoms with Crippen molar-refractivity contribution in [1.29, 1.82) is 0 Å². The van der Waals surface area contributed by atoms with Gasteiger partial charge in [0.2, 0.25) is 0 Å². The molecule has 0 aliphatic carbocycles. The third kappa shape index (κ3) is 2.15. The molecule has 0 saturated carbocycles. The summed E-state index contributed by atoms with van der Waals surface area (Å²) in [5.41, 5.74) is 1.13. The lowest BCUT2D eigenvalue weighted by atomic mass is 10.2. The molecule has 0 atom stereocenters. The van der Waals surface area contributed by atoms with Crippen molar-refractivity contribution in [3.63, 3.8) is 0 Å². The number of unbranched alkanes of at least 4 members (excludes halogenated alkanes) is 1. The monoisotopic (exact) mass is 251 g/mol. The van der Waals surface area contributed by atoms with Crippen LogP contribution in [0.1, 0.15) is 30.3 Å². The number of aromatic nitrogens is 1. The topological polar surface area (TPSA) is 42.2 Å². The highest BCUT2D eigenvalue weighted by Gasteiger charge is 2.15. The molecule has 17 heavy (non-hydrogen) atoms. The Morgan fingerprint density at radius 2 is 2.24 bits per heavy atom. The lowest BCUT2D eigenvalue weighted by molar-refractivity contribution is 0.0685. The second-order valence-electron chi connectivity index (χ2n) is 4.02. The second kappa shape index (κ2) is 4.80. The molecule has 0 unspecified atom stereocenters. The summed E-state index contributed by atoms with van der Waals surface area (Å²) in [4.78, 5) is 11.2. The molecule has 0 fully saturated rings. The molecule has 2 rings (SSSR count). The van der Waals surface area contributed by atoms with E-state index >= 15 is 0 Å². The predicted molar refractivity (Wildman–Crippen MR) is 68.8 cm³/mol. The number of hydrogen-bond donors (Lipinski definition) is 1. The Balaban J connectivity index is 2.64. The van der Waals surface area contributed by atoms with Gasteiger partial charge in [-0.2, -0.15) is 0 Å². The van der Waals surface area contributed by atoms with Gasteiger partial charge in [-0.05, 0) is 18.6 Å². The first kappa shape index (κ1) is 12.0. The molecule has 0 bridgehead atoms. The Hall–Kier alpha value is -1.48. The highest BCUT2D eigenvalue weighted by molar-refractivity contribution is 6.35. The molecule has 1 aromatic heterocycles. The van der Waals surface area contributed by atoms with Crippen molar-refractivity contribution in [2.24, 2.45) is 0 Å². The van der Waals surface area contributed by atoms with Crippen LogP contribution in [0.4, 0.5) is 0 Å². The van der Waals surface area contributed by atoms with Gasteiger partial charge in [-0.1, -0.05) is 37.1 Å². The van der Waals surface area contributed by atoms with E-state index in [1.165, 1.54) is 0 Å². The van der Waals surface area contributed by atoms with E-state index in [-0.39, 0.29) is 0 Å². The molecule has 1 aromatic carbocycles. The van der Waals surface area contributed by atoms with Crippen molar-refractivity contribution >= 4 is 28.5 Å². The summed E-state index contributed by atoms with van der Waals surface area (Å²) in [7, 11) is 0. The Bertz CT molecular complexity index is 560. The normalized spacial score (nSPS) is 10.9. The molecular formula is C13H14ClNO2. The minimum atomic E-state index is -0.909. The van der Waals surface area contributed by atoms with Crippen LogP contribution in [-0.2, 0) is 6.54 Å². The molecule has 2 aromatic rings. The largest absolute Gasteiger partial charge is 0.477 e. The van der Waals surface area contributed by atoms with E-state index < -0.39 is 5.97 Å². The average Bonchev–Trinajstić information content (AvgIpc) is 2.66. The maximum Gasteiger partial charge on any atom is 0.352 e. The van der Waals surface area contributed by atoms with Crippen LogP contribution in [0, 0.1) is 0 Å². The standard InChI is InChI=1S/C13H14ClNO2/c1-2-3-7-15-11(13(16)17)8-9-5-4-6-10(14)12(9)15/h4-6,8H,2-3,7H2,1H3,(H,16,17). The molecule has 90 valence electrons. The van der Waals surface area contributed by atoms with Crippen LogP contribution in [0.25, 0.3) is 10.9 Å². The van der Waals surface area contributed by atoms with Gasteiger partial charge in [0.1, 0.15) is 5.69 Å². The van der Waals surface area contributed by atoms with E-state index in [4.69, 9.17) is 11.6 Å². The van der Waals surface area contributed by atoms with Gasteiger partial charge in [-0.15, -0.1) is 0 Å². The van der Waals surface area contributed by atoms with Gasteiger partial charge in [0, 0.05) is 11.9 Å². The number of aryl methyl sites for hydroxylation is 1. The quantitative estimate of drug-likeness (QED) is 0.898. The lowest BCUT2D eigenvalue weighted by Gasteiger charge is -2.08. The third-order valence-electron chi connectivity index (χ3n) is 2.83. The molecule has 1 heterocycles. The SMILES string of the molecule is CCCCn1c(C(=O)O)cc2cccc(Cl)c21. The minimum absolute atomic E-state index is 0.307. The highest BCUT2D eigenvalue weighted by atomic mass is 35.5. The van der Waals surface area contributed by atoms with Crippen LogP contribution in [-0.4, -0.2) is 15.6 Å². The first-order chi connectivity index (χ1) is 8.15. The van der Waals surface area contributed by atoms with Crippen molar-refractivity contribution in [2.45, 2.75) is 26.3 Å². The van der Waals surface area contributed by atoms with Gasteiger partial charge < -0.3 is 9.67 Å². The number of hydrogen-bond acceptors (Lipinski definition) is 1.